The Morgan fingerprint density at radius 2 is 1.38 bits per heavy atom. The summed E-state index contributed by atoms with van der Waals surface area (Å²) in [5, 5.41) is 11.7. The number of anilines is 1. The zero-order chi connectivity index (χ0) is 29.4. The van der Waals surface area contributed by atoms with Crippen molar-refractivity contribution in [3.05, 3.63) is 82.4 Å². The number of hydrogen-bond acceptors (Lipinski definition) is 7. The molecule has 1 saturated heterocycles. The minimum absolute atomic E-state index is 0.0510. The molecule has 3 aromatic carbocycles. The molecule has 0 saturated carbocycles. The Kier molecular flexibility index (Phi) is 7.82. The van der Waals surface area contributed by atoms with Crippen molar-refractivity contribution in [1.29, 1.82) is 0 Å². The number of aryl methyl sites for hydroxylation is 1. The molecule has 1 aliphatic rings. The second-order valence-electron chi connectivity index (χ2n) is 10.6. The molecule has 0 spiro atoms. The van der Waals surface area contributed by atoms with Gasteiger partial charge in [0.1, 0.15) is 11.5 Å². The van der Waals surface area contributed by atoms with E-state index in [-0.39, 0.29) is 16.7 Å². The molecule has 8 heteroatoms. The molecule has 0 radical (unpaired) electrons. The van der Waals surface area contributed by atoms with Crippen LogP contribution in [-0.4, -0.2) is 45.2 Å². The number of methoxy groups -OCH3 is 4. The second-order valence-corrected chi connectivity index (χ2v) is 10.6. The third-order valence-electron chi connectivity index (χ3n) is 7.04. The molecular formula is C32H35NO7. The molecule has 0 aromatic heterocycles. The first-order chi connectivity index (χ1) is 19.0. The fourth-order valence-electron chi connectivity index (χ4n) is 4.98. The van der Waals surface area contributed by atoms with Crippen molar-refractivity contribution in [2.45, 2.75) is 39.2 Å². The molecule has 4 rings (SSSR count). The molecule has 210 valence electrons. The molecule has 40 heavy (non-hydrogen) atoms. The number of benzene rings is 3. The van der Waals surface area contributed by atoms with Gasteiger partial charge in [-0.2, -0.15) is 0 Å². The van der Waals surface area contributed by atoms with Crippen LogP contribution in [-0.2, 0) is 15.0 Å². The number of rotatable bonds is 7. The summed E-state index contributed by atoms with van der Waals surface area (Å²) in [6, 6.07) is 14.9. The molecule has 1 aliphatic heterocycles. The van der Waals surface area contributed by atoms with Crippen LogP contribution < -0.4 is 23.8 Å². The standard InChI is InChI=1S/C32H35NO7/c1-18-9-12-21(13-10-18)33-27(20-16-24(38-6)30(40-8)25(17-20)39-7)26(29(35)31(33)36)28(34)19-11-14-23(37-5)22(15-19)32(2,3)4/h9-17,27,34H,1-8H3/b28-26+. The molecule has 1 heterocycles. The molecule has 0 aliphatic carbocycles. The fraction of sp³-hybridized carbons (Fsp3) is 0.312. The van der Waals surface area contributed by atoms with Crippen molar-refractivity contribution in [2.75, 3.05) is 33.3 Å². The lowest BCUT2D eigenvalue weighted by Gasteiger charge is -2.27. The zero-order valence-electron chi connectivity index (χ0n) is 24.1. The number of aliphatic hydroxyl groups excluding tert-OH is 1. The first-order valence-electron chi connectivity index (χ1n) is 12.8. The summed E-state index contributed by atoms with van der Waals surface area (Å²) in [6.07, 6.45) is 0. The largest absolute Gasteiger partial charge is 0.507 e. The molecule has 3 aromatic rings. The number of Topliss-reactive ketones (excluding diaryl/α,β-unsaturated/α-hetero) is 1. The van der Waals surface area contributed by atoms with Gasteiger partial charge < -0.3 is 24.1 Å². The Morgan fingerprint density at radius 1 is 0.800 bits per heavy atom. The van der Waals surface area contributed by atoms with Crippen molar-refractivity contribution in [2.24, 2.45) is 0 Å². The third-order valence-corrected chi connectivity index (χ3v) is 7.04. The molecule has 1 fully saturated rings. The van der Waals surface area contributed by atoms with E-state index >= 15 is 0 Å². The van der Waals surface area contributed by atoms with E-state index in [0.717, 1.165) is 11.1 Å². The summed E-state index contributed by atoms with van der Waals surface area (Å²) in [5.74, 6) is -0.119. The highest BCUT2D eigenvalue weighted by Crippen LogP contribution is 2.47. The van der Waals surface area contributed by atoms with Gasteiger partial charge in [0.15, 0.2) is 11.5 Å². The number of ketones is 1. The van der Waals surface area contributed by atoms with E-state index < -0.39 is 17.7 Å². The van der Waals surface area contributed by atoms with Gasteiger partial charge in [0.2, 0.25) is 5.75 Å². The number of hydrogen-bond donors (Lipinski definition) is 1. The van der Waals surface area contributed by atoms with Crippen LogP contribution in [0.4, 0.5) is 5.69 Å². The number of aliphatic hydroxyl groups is 1. The lowest BCUT2D eigenvalue weighted by molar-refractivity contribution is -0.132. The molecule has 8 nitrogen and oxygen atoms in total. The molecule has 1 amide bonds. The molecule has 1 unspecified atom stereocenters. The average Bonchev–Trinajstić information content (AvgIpc) is 3.21. The number of carbonyl (C=O) groups is 2. The molecule has 1 atom stereocenters. The Balaban J connectivity index is 2.03. The van der Waals surface area contributed by atoms with Crippen LogP contribution in [0.25, 0.3) is 5.76 Å². The first kappa shape index (κ1) is 28.5. The lowest BCUT2D eigenvalue weighted by atomic mass is 9.84. The topological polar surface area (TPSA) is 94.5 Å². The van der Waals surface area contributed by atoms with Gasteiger partial charge in [-0.15, -0.1) is 0 Å². The van der Waals surface area contributed by atoms with Crippen molar-refractivity contribution in [3.8, 4) is 23.0 Å². The minimum Gasteiger partial charge on any atom is -0.507 e. The Bertz CT molecular complexity index is 1460. The molecule has 1 N–H and O–H groups in total. The van der Waals surface area contributed by atoms with E-state index in [2.05, 4.69) is 0 Å². The zero-order valence-corrected chi connectivity index (χ0v) is 24.1. The van der Waals surface area contributed by atoms with Crippen LogP contribution in [0.15, 0.2) is 60.2 Å². The Morgan fingerprint density at radius 3 is 1.88 bits per heavy atom. The van der Waals surface area contributed by atoms with Crippen molar-refractivity contribution >= 4 is 23.1 Å². The predicted octanol–water partition coefficient (Wildman–Crippen LogP) is 5.95. The van der Waals surface area contributed by atoms with Crippen LogP contribution in [0, 0.1) is 6.92 Å². The van der Waals surface area contributed by atoms with Gasteiger partial charge in [-0.3, -0.25) is 14.5 Å². The summed E-state index contributed by atoms with van der Waals surface area (Å²) < 4.78 is 22.2. The van der Waals surface area contributed by atoms with Crippen LogP contribution in [0.5, 0.6) is 23.0 Å². The number of amides is 1. The highest BCUT2D eigenvalue weighted by Gasteiger charge is 2.47. The van der Waals surface area contributed by atoms with Crippen molar-refractivity contribution in [1.82, 2.24) is 0 Å². The quantitative estimate of drug-likeness (QED) is 0.223. The van der Waals surface area contributed by atoms with E-state index in [1.807, 2.05) is 39.8 Å². The van der Waals surface area contributed by atoms with Crippen LogP contribution in [0.1, 0.15) is 49.1 Å². The normalized spacial score (nSPS) is 16.7. The first-order valence-corrected chi connectivity index (χ1v) is 12.8. The van der Waals surface area contributed by atoms with Crippen molar-refractivity contribution in [3.63, 3.8) is 0 Å². The van der Waals surface area contributed by atoms with E-state index in [1.165, 1.54) is 26.2 Å². The summed E-state index contributed by atoms with van der Waals surface area (Å²) in [4.78, 5) is 28.7. The van der Waals surface area contributed by atoms with Gasteiger partial charge >= 0.3 is 0 Å². The van der Waals surface area contributed by atoms with E-state index in [0.29, 0.717) is 39.8 Å². The highest BCUT2D eigenvalue weighted by atomic mass is 16.5. The summed E-state index contributed by atoms with van der Waals surface area (Å²) in [7, 11) is 6.06. The number of carbonyl (C=O) groups excluding carboxylic acids is 2. The summed E-state index contributed by atoms with van der Waals surface area (Å²) >= 11 is 0. The SMILES string of the molecule is COc1ccc(/C(O)=C2\C(=O)C(=O)N(c3ccc(C)cc3)C2c2cc(OC)c(OC)c(OC)c2)cc1C(C)(C)C. The van der Waals surface area contributed by atoms with Crippen LogP contribution in [0.2, 0.25) is 0 Å². The second kappa shape index (κ2) is 11.0. The van der Waals surface area contributed by atoms with Crippen LogP contribution >= 0.6 is 0 Å². The monoisotopic (exact) mass is 545 g/mol. The fourth-order valence-corrected chi connectivity index (χ4v) is 4.98. The number of ether oxygens (including phenoxy) is 4. The maximum atomic E-state index is 13.7. The maximum absolute atomic E-state index is 13.7. The smallest absolute Gasteiger partial charge is 0.300 e. The Labute approximate surface area is 234 Å². The molecular weight excluding hydrogens is 510 g/mol. The van der Waals surface area contributed by atoms with Gasteiger partial charge in [-0.05, 0) is 60.4 Å². The van der Waals surface area contributed by atoms with E-state index in [4.69, 9.17) is 18.9 Å². The van der Waals surface area contributed by atoms with Crippen molar-refractivity contribution < 1.29 is 33.6 Å². The average molecular weight is 546 g/mol. The highest BCUT2D eigenvalue weighted by molar-refractivity contribution is 6.51. The summed E-state index contributed by atoms with van der Waals surface area (Å²) in [6.45, 7) is 8.02. The van der Waals surface area contributed by atoms with Gasteiger partial charge in [0.05, 0.1) is 40.1 Å². The Hall–Kier alpha value is -4.46. The molecule has 0 bridgehead atoms. The minimum atomic E-state index is -0.975. The maximum Gasteiger partial charge on any atom is 0.300 e. The van der Waals surface area contributed by atoms with Gasteiger partial charge in [-0.25, -0.2) is 0 Å². The van der Waals surface area contributed by atoms with E-state index in [1.54, 1.807) is 49.6 Å². The summed E-state index contributed by atoms with van der Waals surface area (Å²) in [5.41, 5.74) is 2.88. The van der Waals surface area contributed by atoms with E-state index in [9.17, 15) is 14.7 Å². The third kappa shape index (κ3) is 4.97. The van der Waals surface area contributed by atoms with Gasteiger partial charge in [0, 0.05) is 16.8 Å². The van der Waals surface area contributed by atoms with Gasteiger partial charge in [-0.1, -0.05) is 38.5 Å². The lowest BCUT2D eigenvalue weighted by Crippen LogP contribution is -2.29. The number of nitrogens with zero attached hydrogens (tertiary/aromatic N) is 1. The van der Waals surface area contributed by atoms with Crippen LogP contribution in [0.3, 0.4) is 0 Å². The predicted molar refractivity (Wildman–Crippen MR) is 154 cm³/mol. The van der Waals surface area contributed by atoms with Gasteiger partial charge in [0.25, 0.3) is 11.7 Å².